The Labute approximate surface area is 117 Å². The van der Waals surface area contributed by atoms with Crippen molar-refractivity contribution < 1.29 is 57.1 Å². The smallest absolute Gasteiger partial charge is 0.212 e. The van der Waals surface area contributed by atoms with Gasteiger partial charge < -0.3 is 0 Å². The summed E-state index contributed by atoms with van der Waals surface area (Å²) in [6.45, 7) is 0. The molecule has 0 radical (unpaired) electrons. The third kappa shape index (κ3) is 2.39. The first kappa shape index (κ1) is 19.6. The van der Waals surface area contributed by atoms with Gasteiger partial charge in [0, 0.05) is 0 Å². The lowest BCUT2D eigenvalue weighted by molar-refractivity contribution is -0.498. The lowest BCUT2D eigenvalue weighted by Crippen LogP contribution is -2.79. The van der Waals surface area contributed by atoms with E-state index in [2.05, 4.69) is 0 Å². The monoisotopic (exact) mass is 374 g/mol. The fourth-order valence-corrected chi connectivity index (χ4v) is 1.49. The highest BCUT2D eigenvalue weighted by Crippen LogP contribution is 2.58. The molecular formula is C8H3F13N2. The number of alkyl halides is 11. The quantitative estimate of drug-likeness (QED) is 0.500. The first-order valence-electron chi connectivity index (χ1n) is 5.02. The molecule has 0 atom stereocenters. The van der Waals surface area contributed by atoms with E-state index < -0.39 is 59.0 Å². The summed E-state index contributed by atoms with van der Waals surface area (Å²) in [5.41, 5.74) is 0. The highest BCUT2D eigenvalue weighted by Gasteiger charge is 2.85. The molecule has 1 heterocycles. The van der Waals surface area contributed by atoms with Gasteiger partial charge in [-0.1, -0.05) is 0 Å². The molecule has 1 aliphatic heterocycles. The van der Waals surface area contributed by atoms with Gasteiger partial charge in [0.2, 0.25) is 5.95 Å². The molecule has 0 unspecified atom stereocenters. The van der Waals surface area contributed by atoms with E-state index in [-0.39, 0.29) is 0 Å². The van der Waals surface area contributed by atoms with Gasteiger partial charge in [-0.05, 0) is 7.05 Å². The van der Waals surface area contributed by atoms with Crippen LogP contribution in [0.25, 0.3) is 0 Å². The molecule has 0 N–H and O–H groups in total. The van der Waals surface area contributed by atoms with E-state index in [1.165, 1.54) is 0 Å². The first-order chi connectivity index (χ1) is 9.84. The molecule has 0 spiro atoms. The Hall–Kier alpha value is -1.41. The van der Waals surface area contributed by atoms with Gasteiger partial charge in [-0.15, -0.1) is 0 Å². The summed E-state index contributed by atoms with van der Waals surface area (Å²) >= 11 is 0. The fraction of sp³-hybridized carbons (Fsp3) is 0.750. The Morgan fingerprint density at radius 2 is 1.00 bits per heavy atom. The van der Waals surface area contributed by atoms with Crippen LogP contribution in [0.1, 0.15) is 0 Å². The molecule has 15 heteroatoms. The summed E-state index contributed by atoms with van der Waals surface area (Å²) in [5.74, 6) is -8.63. The SMILES string of the molecule is CN1C(F)(F)C(F)(F)N(/C(F)=C(/F)C(F)(F)F)C(F)(F)C1(F)F. The third-order valence-electron chi connectivity index (χ3n) is 2.75. The lowest BCUT2D eigenvalue weighted by Gasteiger charge is -2.52. The number of piperazine rings is 1. The predicted octanol–water partition coefficient (Wildman–Crippen LogP) is 4.28. The van der Waals surface area contributed by atoms with Gasteiger partial charge in [0.15, 0.2) is 0 Å². The van der Waals surface area contributed by atoms with Crippen LogP contribution in [-0.2, 0) is 0 Å². The maximum Gasteiger partial charge on any atom is 0.447 e. The Morgan fingerprint density at radius 1 is 0.696 bits per heavy atom. The van der Waals surface area contributed by atoms with Crippen LogP contribution >= 0.6 is 0 Å². The molecule has 0 aliphatic carbocycles. The Bertz CT molecular complexity index is 491. The summed E-state index contributed by atoms with van der Waals surface area (Å²) in [5, 5.41) is 0. The molecule has 2 nitrogen and oxygen atoms in total. The molecule has 0 saturated carbocycles. The van der Waals surface area contributed by atoms with Gasteiger partial charge in [-0.3, -0.25) is 0 Å². The van der Waals surface area contributed by atoms with Crippen LogP contribution in [0.2, 0.25) is 0 Å². The van der Waals surface area contributed by atoms with E-state index in [1.807, 2.05) is 0 Å². The number of likely N-dealkylation sites (N-methyl/N-ethyl adjacent to an activating group) is 1. The van der Waals surface area contributed by atoms with Crippen LogP contribution < -0.4 is 0 Å². The molecular weight excluding hydrogens is 371 g/mol. The number of rotatable bonds is 1. The standard InChI is InChI=1S/C8H3F13N2/c1-22-5(14,15)7(18,19)23(8(20,21)6(22,16)17)3(10)2(9)4(11,12)13/h1H3/b3-2+. The molecule has 136 valence electrons. The summed E-state index contributed by atoms with van der Waals surface area (Å²) in [4.78, 5) is -5.38. The van der Waals surface area contributed by atoms with Gasteiger partial charge in [0.25, 0.3) is 5.83 Å². The second-order valence-electron chi connectivity index (χ2n) is 4.16. The minimum absolute atomic E-state index is 0.610. The summed E-state index contributed by atoms with van der Waals surface area (Å²) < 4.78 is 167. The van der Waals surface area contributed by atoms with E-state index in [0.717, 1.165) is 0 Å². The molecule has 0 aromatic carbocycles. The summed E-state index contributed by atoms with van der Waals surface area (Å²) in [6, 6.07) is -25.9. The molecule has 1 fully saturated rings. The molecule has 1 saturated heterocycles. The number of halogens is 13. The highest BCUT2D eigenvalue weighted by molar-refractivity contribution is 5.14. The van der Waals surface area contributed by atoms with Gasteiger partial charge >= 0.3 is 30.4 Å². The Morgan fingerprint density at radius 3 is 1.26 bits per heavy atom. The van der Waals surface area contributed by atoms with E-state index in [1.54, 1.807) is 0 Å². The van der Waals surface area contributed by atoms with Crippen LogP contribution in [-0.4, -0.2) is 47.2 Å². The molecule has 1 aliphatic rings. The first-order valence-corrected chi connectivity index (χ1v) is 5.02. The van der Waals surface area contributed by atoms with Gasteiger partial charge in [-0.2, -0.15) is 62.0 Å². The van der Waals surface area contributed by atoms with Gasteiger partial charge in [-0.25, -0.2) is 4.90 Å². The summed E-state index contributed by atoms with van der Waals surface area (Å²) in [6.07, 6.45) is -6.51. The summed E-state index contributed by atoms with van der Waals surface area (Å²) in [7, 11) is -0.610. The maximum atomic E-state index is 13.2. The van der Waals surface area contributed by atoms with Crippen molar-refractivity contribution in [1.29, 1.82) is 0 Å². The van der Waals surface area contributed by atoms with Crippen molar-refractivity contribution in [2.24, 2.45) is 0 Å². The van der Waals surface area contributed by atoms with Crippen molar-refractivity contribution in [3.8, 4) is 0 Å². The highest BCUT2D eigenvalue weighted by atomic mass is 19.4. The molecule has 23 heavy (non-hydrogen) atoms. The van der Waals surface area contributed by atoms with Crippen LogP contribution in [0.15, 0.2) is 11.8 Å². The predicted molar refractivity (Wildman–Crippen MR) is 44.7 cm³/mol. The van der Waals surface area contributed by atoms with Crippen LogP contribution in [0.5, 0.6) is 0 Å². The van der Waals surface area contributed by atoms with Crippen molar-refractivity contribution in [1.82, 2.24) is 9.80 Å². The van der Waals surface area contributed by atoms with Gasteiger partial charge in [0.05, 0.1) is 0 Å². The zero-order valence-corrected chi connectivity index (χ0v) is 10.3. The van der Waals surface area contributed by atoms with Crippen molar-refractivity contribution in [3.05, 3.63) is 11.8 Å². The molecule has 0 aromatic heterocycles. The topological polar surface area (TPSA) is 6.48 Å². The van der Waals surface area contributed by atoms with Crippen LogP contribution in [0.4, 0.5) is 57.1 Å². The zero-order chi connectivity index (χ0) is 18.8. The van der Waals surface area contributed by atoms with Crippen LogP contribution in [0, 0.1) is 0 Å². The Balaban J connectivity index is 3.74. The van der Waals surface area contributed by atoms with Crippen molar-refractivity contribution >= 4 is 0 Å². The molecule has 0 aromatic rings. The number of nitrogens with zero attached hydrogens (tertiary/aromatic N) is 2. The Kier molecular flexibility index (Phi) is 4.09. The van der Waals surface area contributed by atoms with Crippen molar-refractivity contribution in [2.45, 2.75) is 30.4 Å². The average Bonchev–Trinajstić information content (AvgIpc) is 2.33. The largest absolute Gasteiger partial charge is 0.447 e. The minimum Gasteiger partial charge on any atom is -0.212 e. The zero-order valence-electron chi connectivity index (χ0n) is 10.3. The minimum atomic E-state index is -6.65. The fourth-order valence-electron chi connectivity index (χ4n) is 1.49. The van der Waals surface area contributed by atoms with Crippen molar-refractivity contribution in [2.75, 3.05) is 7.05 Å². The second kappa shape index (κ2) is 4.80. The molecule has 1 rings (SSSR count). The lowest BCUT2D eigenvalue weighted by atomic mass is 10.2. The second-order valence-corrected chi connectivity index (χ2v) is 4.16. The third-order valence-corrected chi connectivity index (χ3v) is 2.75. The normalized spacial score (nSPS) is 27.7. The van der Waals surface area contributed by atoms with E-state index in [4.69, 9.17) is 0 Å². The average molecular weight is 374 g/mol. The maximum absolute atomic E-state index is 13.2. The van der Waals surface area contributed by atoms with E-state index in [0.29, 0.717) is 0 Å². The number of allylic oxidation sites excluding steroid dienone is 1. The van der Waals surface area contributed by atoms with Crippen molar-refractivity contribution in [3.63, 3.8) is 0 Å². The van der Waals surface area contributed by atoms with Gasteiger partial charge in [0.1, 0.15) is 0 Å². The molecule has 0 amide bonds. The van der Waals surface area contributed by atoms with Crippen LogP contribution in [0.3, 0.4) is 0 Å². The number of hydrogen-bond donors (Lipinski definition) is 0. The number of hydrogen-bond acceptors (Lipinski definition) is 2. The van der Waals surface area contributed by atoms with E-state index in [9.17, 15) is 57.1 Å². The van der Waals surface area contributed by atoms with E-state index >= 15 is 0 Å². The molecule has 0 bridgehead atoms.